The Morgan fingerprint density at radius 3 is 1.86 bits per heavy atom. The zero-order valence-corrected chi connectivity index (χ0v) is 15.9. The molecule has 0 aliphatic carbocycles. The Labute approximate surface area is 165 Å². The normalized spacial score (nSPS) is 13.5. The fraction of sp³-hybridized carbons (Fsp3) is 0.261. The standard InChI is InChI=1S/C23H24N4O/c28-23(21-13-14-22(25-24-21)26-15-7-8-16-26)27(17-19-9-3-1-4-10-19)18-20-11-5-2-6-12-20/h1-6,9-14H,7-8,15-18H2. The second kappa shape index (κ2) is 8.65. The molecule has 2 aromatic carbocycles. The summed E-state index contributed by atoms with van der Waals surface area (Å²) in [5, 5.41) is 8.55. The lowest BCUT2D eigenvalue weighted by Gasteiger charge is -2.23. The topological polar surface area (TPSA) is 49.3 Å². The van der Waals surface area contributed by atoms with E-state index in [0.717, 1.165) is 30.0 Å². The number of carbonyl (C=O) groups is 1. The lowest BCUT2D eigenvalue weighted by molar-refractivity contribution is 0.0723. The van der Waals surface area contributed by atoms with Gasteiger partial charge in [-0.15, -0.1) is 10.2 Å². The van der Waals surface area contributed by atoms with Crippen molar-refractivity contribution in [3.05, 3.63) is 89.6 Å². The van der Waals surface area contributed by atoms with Crippen LogP contribution in [-0.4, -0.2) is 34.1 Å². The lowest BCUT2D eigenvalue weighted by Crippen LogP contribution is -2.31. The Bertz CT molecular complexity index is 849. The van der Waals surface area contributed by atoms with Crippen LogP contribution in [0.1, 0.15) is 34.5 Å². The van der Waals surface area contributed by atoms with E-state index in [9.17, 15) is 4.79 Å². The van der Waals surface area contributed by atoms with Crippen LogP contribution >= 0.6 is 0 Å². The first-order chi connectivity index (χ1) is 13.8. The summed E-state index contributed by atoms with van der Waals surface area (Å²) >= 11 is 0. The van der Waals surface area contributed by atoms with E-state index >= 15 is 0 Å². The number of hydrogen-bond donors (Lipinski definition) is 0. The van der Waals surface area contributed by atoms with Gasteiger partial charge in [-0.25, -0.2) is 0 Å². The van der Waals surface area contributed by atoms with Crippen LogP contribution in [0.3, 0.4) is 0 Å². The Morgan fingerprint density at radius 2 is 1.36 bits per heavy atom. The highest BCUT2D eigenvalue weighted by atomic mass is 16.2. The molecule has 1 aromatic heterocycles. The third-order valence-corrected chi connectivity index (χ3v) is 5.02. The van der Waals surface area contributed by atoms with Gasteiger partial charge >= 0.3 is 0 Å². The minimum Gasteiger partial charge on any atom is -0.355 e. The summed E-state index contributed by atoms with van der Waals surface area (Å²) in [6.45, 7) is 3.08. The van der Waals surface area contributed by atoms with Crippen molar-refractivity contribution in [2.45, 2.75) is 25.9 Å². The Balaban J connectivity index is 1.54. The third kappa shape index (κ3) is 4.36. The van der Waals surface area contributed by atoms with Gasteiger partial charge in [0.2, 0.25) is 0 Å². The van der Waals surface area contributed by atoms with Crippen LogP contribution in [0.4, 0.5) is 5.82 Å². The fourth-order valence-corrected chi connectivity index (χ4v) is 3.52. The molecule has 0 N–H and O–H groups in total. The number of carbonyl (C=O) groups excluding carboxylic acids is 1. The number of hydrogen-bond acceptors (Lipinski definition) is 4. The zero-order valence-electron chi connectivity index (χ0n) is 15.9. The Morgan fingerprint density at radius 1 is 0.786 bits per heavy atom. The van der Waals surface area contributed by atoms with Crippen LogP contribution < -0.4 is 4.90 Å². The quantitative estimate of drug-likeness (QED) is 0.658. The molecule has 2 heterocycles. The van der Waals surface area contributed by atoms with E-state index in [0.29, 0.717) is 18.8 Å². The summed E-state index contributed by atoms with van der Waals surface area (Å²) in [5.41, 5.74) is 2.57. The molecule has 4 rings (SSSR count). The maximum Gasteiger partial charge on any atom is 0.274 e. The van der Waals surface area contributed by atoms with E-state index in [1.807, 2.05) is 71.6 Å². The molecule has 0 atom stereocenters. The van der Waals surface area contributed by atoms with Gasteiger partial charge in [-0.2, -0.15) is 0 Å². The van der Waals surface area contributed by atoms with Crippen molar-refractivity contribution in [2.75, 3.05) is 18.0 Å². The second-order valence-corrected chi connectivity index (χ2v) is 7.10. The average Bonchev–Trinajstić information content (AvgIpc) is 3.29. The molecular formula is C23H24N4O. The van der Waals surface area contributed by atoms with Gasteiger partial charge in [0.25, 0.3) is 5.91 Å². The number of rotatable bonds is 6. The van der Waals surface area contributed by atoms with Crippen LogP contribution in [0, 0.1) is 0 Å². The molecule has 0 spiro atoms. The molecule has 0 radical (unpaired) electrons. The van der Waals surface area contributed by atoms with E-state index in [2.05, 4.69) is 15.1 Å². The van der Waals surface area contributed by atoms with Crippen LogP contribution in [0.25, 0.3) is 0 Å². The highest BCUT2D eigenvalue weighted by molar-refractivity contribution is 5.92. The van der Waals surface area contributed by atoms with Crippen LogP contribution in [0.15, 0.2) is 72.8 Å². The molecule has 0 unspecified atom stereocenters. The highest BCUT2D eigenvalue weighted by Gasteiger charge is 2.20. The molecule has 5 heteroatoms. The average molecular weight is 372 g/mol. The number of nitrogens with zero attached hydrogens (tertiary/aromatic N) is 4. The summed E-state index contributed by atoms with van der Waals surface area (Å²) in [5.74, 6) is 0.750. The fourth-order valence-electron chi connectivity index (χ4n) is 3.52. The molecular weight excluding hydrogens is 348 g/mol. The molecule has 0 bridgehead atoms. The molecule has 1 aliphatic rings. The van der Waals surface area contributed by atoms with Crippen LogP contribution in [0.2, 0.25) is 0 Å². The maximum atomic E-state index is 13.2. The summed E-state index contributed by atoms with van der Waals surface area (Å²) in [4.78, 5) is 17.2. The molecule has 3 aromatic rings. The largest absolute Gasteiger partial charge is 0.355 e. The van der Waals surface area contributed by atoms with E-state index in [1.165, 1.54) is 12.8 Å². The number of anilines is 1. The number of benzene rings is 2. The SMILES string of the molecule is O=C(c1ccc(N2CCCC2)nn1)N(Cc1ccccc1)Cc1ccccc1. The highest BCUT2D eigenvalue weighted by Crippen LogP contribution is 2.18. The molecule has 0 saturated carbocycles. The third-order valence-electron chi connectivity index (χ3n) is 5.02. The molecule has 28 heavy (non-hydrogen) atoms. The van der Waals surface area contributed by atoms with Gasteiger partial charge < -0.3 is 9.80 Å². The maximum absolute atomic E-state index is 13.2. The van der Waals surface area contributed by atoms with E-state index in [1.54, 1.807) is 6.07 Å². The van der Waals surface area contributed by atoms with Gasteiger partial charge in [-0.05, 0) is 36.1 Å². The Hall–Kier alpha value is -3.21. The van der Waals surface area contributed by atoms with Crippen LogP contribution in [-0.2, 0) is 13.1 Å². The van der Waals surface area contributed by atoms with Crippen LogP contribution in [0.5, 0.6) is 0 Å². The van der Waals surface area contributed by atoms with Crippen molar-refractivity contribution in [3.63, 3.8) is 0 Å². The van der Waals surface area contributed by atoms with Gasteiger partial charge in [0.15, 0.2) is 11.5 Å². The summed E-state index contributed by atoms with van der Waals surface area (Å²) in [6, 6.07) is 23.8. The zero-order chi connectivity index (χ0) is 19.2. The first-order valence-corrected chi connectivity index (χ1v) is 9.75. The smallest absolute Gasteiger partial charge is 0.274 e. The molecule has 1 amide bonds. The first kappa shape index (κ1) is 18.2. The van der Waals surface area contributed by atoms with E-state index in [-0.39, 0.29) is 5.91 Å². The van der Waals surface area contributed by atoms with Crippen molar-refractivity contribution < 1.29 is 4.79 Å². The van der Waals surface area contributed by atoms with Gasteiger partial charge in [0, 0.05) is 26.2 Å². The van der Waals surface area contributed by atoms with E-state index in [4.69, 9.17) is 0 Å². The Kier molecular flexibility index (Phi) is 5.61. The molecule has 1 fully saturated rings. The van der Waals surface area contributed by atoms with Crippen molar-refractivity contribution in [1.29, 1.82) is 0 Å². The minimum atomic E-state index is -0.104. The van der Waals surface area contributed by atoms with Crippen molar-refractivity contribution in [3.8, 4) is 0 Å². The molecule has 5 nitrogen and oxygen atoms in total. The molecule has 1 saturated heterocycles. The minimum absolute atomic E-state index is 0.104. The van der Waals surface area contributed by atoms with Crippen molar-refractivity contribution in [2.24, 2.45) is 0 Å². The number of amides is 1. The lowest BCUT2D eigenvalue weighted by atomic mass is 10.1. The first-order valence-electron chi connectivity index (χ1n) is 9.75. The van der Waals surface area contributed by atoms with Gasteiger partial charge in [-0.3, -0.25) is 4.79 Å². The van der Waals surface area contributed by atoms with Gasteiger partial charge in [0.1, 0.15) is 0 Å². The van der Waals surface area contributed by atoms with Crippen molar-refractivity contribution >= 4 is 11.7 Å². The van der Waals surface area contributed by atoms with E-state index < -0.39 is 0 Å². The summed E-state index contributed by atoms with van der Waals surface area (Å²) < 4.78 is 0. The monoisotopic (exact) mass is 372 g/mol. The van der Waals surface area contributed by atoms with Gasteiger partial charge in [-0.1, -0.05) is 60.7 Å². The molecule has 1 aliphatic heterocycles. The summed E-state index contributed by atoms with van der Waals surface area (Å²) in [6.07, 6.45) is 2.37. The summed E-state index contributed by atoms with van der Waals surface area (Å²) in [7, 11) is 0. The predicted molar refractivity (Wildman–Crippen MR) is 110 cm³/mol. The van der Waals surface area contributed by atoms with Crippen molar-refractivity contribution in [1.82, 2.24) is 15.1 Å². The van der Waals surface area contributed by atoms with Gasteiger partial charge in [0.05, 0.1) is 0 Å². The second-order valence-electron chi connectivity index (χ2n) is 7.10. The molecule has 142 valence electrons. The predicted octanol–water partition coefficient (Wildman–Crippen LogP) is 3.92. The number of aromatic nitrogens is 2.